The lowest BCUT2D eigenvalue weighted by molar-refractivity contribution is -0.133. The molecule has 10 rings (SSSR count). The van der Waals surface area contributed by atoms with Crippen LogP contribution in [0.15, 0.2) is 91.3 Å². The lowest BCUT2D eigenvalue weighted by Crippen LogP contribution is -2.49. The van der Waals surface area contributed by atoms with Crippen molar-refractivity contribution in [3.8, 4) is 11.1 Å². The van der Waals surface area contributed by atoms with Crippen molar-refractivity contribution < 1.29 is 14.0 Å². The Morgan fingerprint density at radius 3 is 2.34 bits per heavy atom. The molecule has 0 bridgehead atoms. The van der Waals surface area contributed by atoms with E-state index in [9.17, 15) is 9.59 Å². The molecular formula is C51H59FN14O2. The van der Waals surface area contributed by atoms with E-state index in [0.29, 0.717) is 35.4 Å². The van der Waals surface area contributed by atoms with Crippen LogP contribution in [0.4, 0.5) is 27.4 Å². The van der Waals surface area contributed by atoms with Crippen LogP contribution in [0.2, 0.25) is 0 Å². The molecule has 16 nitrogen and oxygen atoms in total. The largest absolute Gasteiger partial charge is 0.384 e. The Morgan fingerprint density at radius 1 is 0.838 bits per heavy atom. The number of amides is 2. The smallest absolute Gasteiger partial charge is 0.249 e. The molecular weight excluding hydrogens is 860 g/mol. The molecule has 4 aromatic heterocycles. The summed E-state index contributed by atoms with van der Waals surface area (Å²) in [5.41, 5.74) is 13.4. The molecule has 0 saturated carbocycles. The van der Waals surface area contributed by atoms with E-state index in [0.717, 1.165) is 125 Å². The molecule has 4 fully saturated rings. The molecule has 352 valence electrons. The molecule has 2 aromatic carbocycles. The Hall–Kier alpha value is -6.98. The number of carbonyl (C=O) groups excluding carboxylic acids is 2. The minimum atomic E-state index is -0.556. The molecule has 8 heterocycles. The van der Waals surface area contributed by atoms with E-state index in [4.69, 9.17) is 26.6 Å². The van der Waals surface area contributed by atoms with Crippen molar-refractivity contribution in [1.29, 1.82) is 10.8 Å². The maximum Gasteiger partial charge on any atom is 0.249 e. The summed E-state index contributed by atoms with van der Waals surface area (Å²) >= 11 is 0. The number of halogens is 1. The summed E-state index contributed by atoms with van der Waals surface area (Å²) in [4.78, 5) is 42.0. The number of rotatable bonds is 11. The topological polar surface area (TPSA) is 193 Å². The van der Waals surface area contributed by atoms with Gasteiger partial charge >= 0.3 is 0 Å². The van der Waals surface area contributed by atoms with E-state index in [1.807, 2.05) is 48.8 Å². The number of nitrogens with zero attached hydrogens (tertiary/aromatic N) is 9. The molecule has 0 radical (unpaired) electrons. The zero-order chi connectivity index (χ0) is 46.9. The highest BCUT2D eigenvalue weighted by Crippen LogP contribution is 2.33. The van der Waals surface area contributed by atoms with E-state index in [-0.39, 0.29) is 35.4 Å². The van der Waals surface area contributed by atoms with Crippen LogP contribution in [0, 0.1) is 22.6 Å². The van der Waals surface area contributed by atoms with Gasteiger partial charge in [0.15, 0.2) is 5.84 Å². The first-order chi connectivity index (χ1) is 33.0. The number of piperidine rings is 3. The van der Waals surface area contributed by atoms with E-state index in [1.165, 1.54) is 22.0 Å². The summed E-state index contributed by atoms with van der Waals surface area (Å²) in [6.07, 6.45) is 8.46. The van der Waals surface area contributed by atoms with Crippen LogP contribution in [0.1, 0.15) is 61.3 Å². The zero-order valence-corrected chi connectivity index (χ0v) is 38.5. The Balaban J connectivity index is 0.685. The maximum atomic E-state index is 15.3. The third-order valence-electron chi connectivity index (χ3n) is 14.5. The molecule has 4 aliphatic rings. The molecule has 6 aromatic rings. The van der Waals surface area contributed by atoms with E-state index in [2.05, 4.69) is 65.0 Å². The van der Waals surface area contributed by atoms with Gasteiger partial charge in [-0.1, -0.05) is 24.3 Å². The van der Waals surface area contributed by atoms with Crippen LogP contribution in [-0.2, 0) is 23.2 Å². The van der Waals surface area contributed by atoms with Crippen molar-refractivity contribution in [3.63, 3.8) is 0 Å². The highest BCUT2D eigenvalue weighted by molar-refractivity contribution is 6.01. The fourth-order valence-corrected chi connectivity index (χ4v) is 10.4. The highest BCUT2D eigenvalue weighted by Gasteiger charge is 2.29. The number of hydrogen-bond donors (Lipinski definition) is 5. The first kappa shape index (κ1) is 44.8. The highest BCUT2D eigenvalue weighted by atomic mass is 19.1. The molecule has 1 unspecified atom stereocenters. The first-order valence-corrected chi connectivity index (χ1v) is 23.9. The Kier molecular flexibility index (Phi) is 12.7. The lowest BCUT2D eigenvalue weighted by Gasteiger charge is -2.40. The predicted octanol–water partition coefficient (Wildman–Crippen LogP) is 5.54. The van der Waals surface area contributed by atoms with Crippen molar-refractivity contribution in [2.24, 2.45) is 13.0 Å². The minimum Gasteiger partial charge on any atom is -0.384 e. The quantitative estimate of drug-likeness (QED) is 0.0623. The van der Waals surface area contributed by atoms with Crippen LogP contribution >= 0.6 is 0 Å². The van der Waals surface area contributed by atoms with Gasteiger partial charge in [-0.3, -0.25) is 35.5 Å². The number of carbonyl (C=O) groups is 2. The Bertz CT molecular complexity index is 2870. The second-order valence-corrected chi connectivity index (χ2v) is 18.8. The third-order valence-corrected chi connectivity index (χ3v) is 14.5. The summed E-state index contributed by atoms with van der Waals surface area (Å²) in [6.45, 7) is 8.68. The molecule has 1 atom stereocenters. The van der Waals surface area contributed by atoms with Crippen molar-refractivity contribution >= 4 is 51.7 Å². The maximum absolute atomic E-state index is 15.3. The molecule has 0 aliphatic carbocycles. The van der Waals surface area contributed by atoms with Crippen LogP contribution in [-0.4, -0.2) is 117 Å². The third kappa shape index (κ3) is 9.58. The van der Waals surface area contributed by atoms with E-state index in [1.54, 1.807) is 18.2 Å². The second kappa shape index (κ2) is 19.3. The SMILES string of the molecule is Cn1c(CN2CCC(c3ccc(C(=N)n4nc(N5CCC(CN6CCN(c7ccc(NC8CCC(=O)NC8=O)cc7F)CC6)CC5)ccc4=N)cc3)CC2)cc2c(-c3ccc(N)nc3)ccnc21. The monoisotopic (exact) mass is 918 g/mol. The average molecular weight is 919 g/mol. The molecule has 6 N–H and O–H groups in total. The Labute approximate surface area is 395 Å². The van der Waals surface area contributed by atoms with Gasteiger partial charge in [-0.15, -0.1) is 5.10 Å². The van der Waals surface area contributed by atoms with E-state index < -0.39 is 6.04 Å². The standard InChI is InChI=1S/C51H59FN14O2/c1-61-39(29-41-40(14-19-56-50(41)61)37-6-10-45(53)57-30-37)32-62-20-17-35(18-21-62)34-2-4-36(5-3-34)49(55)66-46(54)11-12-47(60-66)65-22-15-33(16-23-65)31-63-24-26-64(27-25-63)44-9-7-38(28-42(44)52)58-43-8-13-48(67)59-51(43)68/h2-7,9-12,14,19,28-30,33,35,43,54-55,58H,8,13,15-18,20-27,31-32H2,1H3,(H2,53,57)(H,59,67,68). The molecule has 2 amide bonds. The number of anilines is 4. The number of fused-ring (bicyclic) bond motifs is 1. The van der Waals surface area contributed by atoms with Crippen molar-refractivity contribution in [1.82, 2.24) is 39.4 Å². The minimum absolute atomic E-state index is 0.171. The predicted molar refractivity (Wildman–Crippen MR) is 262 cm³/mol. The first-order valence-electron chi connectivity index (χ1n) is 23.9. The van der Waals surface area contributed by atoms with Gasteiger partial charge in [-0.2, -0.15) is 4.68 Å². The number of imide groups is 1. The molecule has 4 saturated heterocycles. The molecule has 17 heteroatoms. The second-order valence-electron chi connectivity index (χ2n) is 18.8. The number of nitrogens with two attached hydrogens (primary N) is 1. The van der Waals surface area contributed by atoms with Gasteiger partial charge in [0, 0.05) is 106 Å². The number of aryl methyl sites for hydroxylation is 1. The van der Waals surface area contributed by atoms with Gasteiger partial charge in [0.25, 0.3) is 0 Å². The molecule has 68 heavy (non-hydrogen) atoms. The van der Waals surface area contributed by atoms with Gasteiger partial charge in [0.2, 0.25) is 11.8 Å². The van der Waals surface area contributed by atoms with Crippen LogP contribution in [0.25, 0.3) is 22.2 Å². The van der Waals surface area contributed by atoms with Gasteiger partial charge in [-0.05, 0) is 123 Å². The zero-order valence-electron chi connectivity index (χ0n) is 38.5. The summed E-state index contributed by atoms with van der Waals surface area (Å²) in [5, 5.41) is 29.1. The Morgan fingerprint density at radius 2 is 1.62 bits per heavy atom. The number of nitrogen functional groups attached to an aromatic ring is 1. The fraction of sp³-hybridized carbons (Fsp3) is 0.392. The number of nitrogens with one attached hydrogen (secondary N) is 4. The van der Waals surface area contributed by atoms with Crippen LogP contribution < -0.4 is 31.7 Å². The number of pyridine rings is 2. The number of likely N-dealkylation sites (tertiary alicyclic amines) is 1. The number of aromatic nitrogens is 5. The van der Waals surface area contributed by atoms with Crippen molar-refractivity contribution in [2.75, 3.05) is 79.8 Å². The lowest BCUT2D eigenvalue weighted by atomic mass is 9.89. The molecule has 4 aliphatic heterocycles. The number of benzene rings is 2. The summed E-state index contributed by atoms with van der Waals surface area (Å²) in [6, 6.07) is 24.5. The average Bonchev–Trinajstić information content (AvgIpc) is 3.67. The fourth-order valence-electron chi connectivity index (χ4n) is 10.4. The van der Waals surface area contributed by atoms with Crippen molar-refractivity contribution in [2.45, 2.75) is 57.0 Å². The summed E-state index contributed by atoms with van der Waals surface area (Å²) in [5.74, 6) is 1.46. The number of piperazine rings is 1. The molecule has 0 spiro atoms. The van der Waals surface area contributed by atoms with E-state index >= 15 is 4.39 Å². The summed E-state index contributed by atoms with van der Waals surface area (Å²) in [7, 11) is 2.09. The number of hydrogen-bond acceptors (Lipinski definition) is 13. The van der Waals surface area contributed by atoms with Crippen LogP contribution in [0.5, 0.6) is 0 Å². The normalized spacial score (nSPS) is 19.1. The van der Waals surface area contributed by atoms with Gasteiger partial charge in [0.1, 0.15) is 34.6 Å². The van der Waals surface area contributed by atoms with Gasteiger partial charge < -0.3 is 25.4 Å². The van der Waals surface area contributed by atoms with Crippen LogP contribution in [0.3, 0.4) is 0 Å². The summed E-state index contributed by atoms with van der Waals surface area (Å²) < 4.78 is 18.9. The van der Waals surface area contributed by atoms with Gasteiger partial charge in [-0.25, -0.2) is 14.4 Å². The van der Waals surface area contributed by atoms with Crippen molar-refractivity contribution in [3.05, 3.63) is 119 Å². The van der Waals surface area contributed by atoms with Gasteiger partial charge in [0.05, 0.1) is 5.69 Å².